The van der Waals surface area contributed by atoms with Crippen molar-refractivity contribution in [3.05, 3.63) is 12.7 Å². The number of carbonyl (C=O) groups excluding carboxylic acids is 1. The lowest BCUT2D eigenvalue weighted by Gasteiger charge is -2.61. The number of esters is 1. The Morgan fingerprint density at radius 3 is 1.87 bits per heavy atom. The van der Waals surface area contributed by atoms with E-state index in [1.54, 1.807) is 0 Å². The Labute approximate surface area is 169 Å². The van der Waals surface area contributed by atoms with Gasteiger partial charge in [0.1, 0.15) is 0 Å². The molecule has 4 nitrogen and oxygen atoms in total. The van der Waals surface area contributed by atoms with E-state index in [0.717, 1.165) is 0 Å². The van der Waals surface area contributed by atoms with Gasteiger partial charge in [-0.3, -0.25) is 0 Å². The zero-order valence-electron chi connectivity index (χ0n) is 15.8. The molecule has 0 amide bonds. The molecule has 3 unspecified atom stereocenters. The first-order chi connectivity index (χ1) is 13.8. The Bertz CT molecular complexity index is 723. The maximum atomic E-state index is 15.5. The van der Waals surface area contributed by atoms with Gasteiger partial charge in [-0.1, -0.05) is 25.8 Å². The molecule has 14 heteroatoms. The second-order valence-electron chi connectivity index (χ2n) is 7.61. The molecular weight excluding hydrogens is 458 g/mol. The lowest BCUT2D eigenvalue weighted by molar-refractivity contribution is -0.552. The van der Waals surface area contributed by atoms with Gasteiger partial charge in [0.25, 0.3) is 0 Å². The SMILES string of the molecule is C=CC(=O)OC1(C(F)(F)F)C(F)(F)C(C)(O)OC(C2CCCCC2)(C(F)(F)F)C1(F)F. The third-order valence-corrected chi connectivity index (χ3v) is 5.71. The number of halogens is 10. The van der Waals surface area contributed by atoms with Crippen molar-refractivity contribution >= 4 is 5.97 Å². The molecule has 1 saturated heterocycles. The molecule has 0 radical (unpaired) electrons. The third kappa shape index (κ3) is 3.15. The first kappa shape index (κ1) is 25.7. The van der Waals surface area contributed by atoms with Crippen LogP contribution in [-0.4, -0.2) is 52.3 Å². The summed E-state index contributed by atoms with van der Waals surface area (Å²) < 4.78 is 152. The summed E-state index contributed by atoms with van der Waals surface area (Å²) in [6, 6.07) is 0. The summed E-state index contributed by atoms with van der Waals surface area (Å²) in [5.74, 6) is -22.6. The molecule has 31 heavy (non-hydrogen) atoms. The van der Waals surface area contributed by atoms with Crippen LogP contribution >= 0.6 is 0 Å². The van der Waals surface area contributed by atoms with Crippen molar-refractivity contribution < 1.29 is 63.3 Å². The van der Waals surface area contributed by atoms with Crippen molar-refractivity contribution in [1.29, 1.82) is 0 Å². The fourth-order valence-corrected chi connectivity index (χ4v) is 4.28. The fraction of sp³-hybridized carbons (Fsp3) is 0.824. The van der Waals surface area contributed by atoms with E-state index in [-0.39, 0.29) is 32.3 Å². The summed E-state index contributed by atoms with van der Waals surface area (Å²) in [5.41, 5.74) is -11.7. The number of hydrogen-bond donors (Lipinski definition) is 1. The molecule has 1 N–H and O–H groups in total. The molecule has 0 bridgehead atoms. The van der Waals surface area contributed by atoms with Gasteiger partial charge in [0.2, 0.25) is 11.4 Å². The quantitative estimate of drug-likeness (QED) is 0.358. The number of carbonyl (C=O) groups is 1. The van der Waals surface area contributed by atoms with Crippen molar-refractivity contribution in [3.8, 4) is 0 Å². The van der Waals surface area contributed by atoms with Crippen molar-refractivity contribution in [3.63, 3.8) is 0 Å². The molecule has 0 aromatic carbocycles. The summed E-state index contributed by atoms with van der Waals surface area (Å²) >= 11 is 0. The van der Waals surface area contributed by atoms with E-state index in [1.165, 1.54) is 0 Å². The van der Waals surface area contributed by atoms with Crippen molar-refractivity contribution in [2.24, 2.45) is 5.92 Å². The second kappa shape index (κ2) is 7.22. The molecule has 0 aromatic rings. The van der Waals surface area contributed by atoms with Crippen LogP contribution in [0.25, 0.3) is 0 Å². The van der Waals surface area contributed by atoms with E-state index in [0.29, 0.717) is 0 Å². The monoisotopic (exact) mass is 476 g/mol. The van der Waals surface area contributed by atoms with Crippen molar-refractivity contribution in [1.82, 2.24) is 0 Å². The maximum absolute atomic E-state index is 15.5. The van der Waals surface area contributed by atoms with Gasteiger partial charge >= 0.3 is 35.8 Å². The molecule has 180 valence electrons. The largest absolute Gasteiger partial charge is 0.441 e. The molecule has 1 aliphatic carbocycles. The van der Waals surface area contributed by atoms with Crippen LogP contribution in [0, 0.1) is 5.92 Å². The highest BCUT2D eigenvalue weighted by Gasteiger charge is 2.99. The Kier molecular flexibility index (Phi) is 5.98. The summed E-state index contributed by atoms with van der Waals surface area (Å²) in [6.07, 6.45) is -15.2. The van der Waals surface area contributed by atoms with Gasteiger partial charge < -0.3 is 14.6 Å². The van der Waals surface area contributed by atoms with Crippen LogP contribution in [0.5, 0.6) is 0 Å². The third-order valence-electron chi connectivity index (χ3n) is 5.71. The average molecular weight is 476 g/mol. The summed E-state index contributed by atoms with van der Waals surface area (Å²) in [7, 11) is 0. The minimum Gasteiger partial charge on any atom is -0.433 e. The topological polar surface area (TPSA) is 55.8 Å². The fourth-order valence-electron chi connectivity index (χ4n) is 4.28. The first-order valence-electron chi connectivity index (χ1n) is 8.94. The molecular formula is C17H18F10O4. The minimum atomic E-state index is -6.99. The van der Waals surface area contributed by atoms with E-state index in [4.69, 9.17) is 0 Å². The highest BCUT2D eigenvalue weighted by molar-refractivity contribution is 5.82. The zero-order valence-corrected chi connectivity index (χ0v) is 15.8. The average Bonchev–Trinajstić information content (AvgIpc) is 2.60. The Morgan fingerprint density at radius 1 is 1.00 bits per heavy atom. The maximum Gasteiger partial charge on any atom is 0.441 e. The predicted molar refractivity (Wildman–Crippen MR) is 82.0 cm³/mol. The van der Waals surface area contributed by atoms with E-state index in [2.05, 4.69) is 16.1 Å². The molecule has 1 heterocycles. The molecule has 2 aliphatic rings. The van der Waals surface area contributed by atoms with Gasteiger partial charge in [-0.2, -0.15) is 43.9 Å². The minimum absolute atomic E-state index is 0.147. The summed E-state index contributed by atoms with van der Waals surface area (Å²) in [4.78, 5) is 11.4. The van der Waals surface area contributed by atoms with Gasteiger partial charge in [0, 0.05) is 12.0 Å². The predicted octanol–water partition coefficient (Wildman–Crippen LogP) is 4.91. The normalized spacial score (nSPS) is 36.6. The van der Waals surface area contributed by atoms with Crippen LogP contribution in [0.1, 0.15) is 39.0 Å². The van der Waals surface area contributed by atoms with Crippen LogP contribution in [0.3, 0.4) is 0 Å². The first-order valence-corrected chi connectivity index (χ1v) is 8.94. The van der Waals surface area contributed by atoms with E-state index in [9.17, 15) is 45.0 Å². The number of rotatable bonds is 3. The van der Waals surface area contributed by atoms with Crippen LogP contribution in [0.4, 0.5) is 43.9 Å². The number of hydrogen-bond acceptors (Lipinski definition) is 4. The van der Waals surface area contributed by atoms with Crippen molar-refractivity contribution in [2.45, 2.75) is 80.2 Å². The Balaban J connectivity index is 3.02. The van der Waals surface area contributed by atoms with Gasteiger partial charge in [0.15, 0.2) is 0 Å². The smallest absolute Gasteiger partial charge is 0.433 e. The molecule has 3 atom stereocenters. The second-order valence-corrected chi connectivity index (χ2v) is 7.61. The van der Waals surface area contributed by atoms with Gasteiger partial charge in [-0.05, 0) is 19.8 Å². The Hall–Kier alpha value is -1.57. The number of alkyl halides is 10. The highest BCUT2D eigenvalue weighted by Crippen LogP contribution is 2.70. The van der Waals surface area contributed by atoms with Crippen LogP contribution in [-0.2, 0) is 14.3 Å². The molecule has 2 fully saturated rings. The van der Waals surface area contributed by atoms with Crippen molar-refractivity contribution in [2.75, 3.05) is 0 Å². The summed E-state index contributed by atoms with van der Waals surface area (Å²) in [5, 5.41) is 9.93. The lowest BCUT2D eigenvalue weighted by Crippen LogP contribution is -2.89. The number of aliphatic hydroxyl groups is 1. The molecule has 1 aliphatic heterocycles. The van der Waals surface area contributed by atoms with E-state index < -0.39 is 65.9 Å². The molecule has 0 aromatic heterocycles. The number of ether oxygens (including phenoxy) is 2. The van der Waals surface area contributed by atoms with Gasteiger partial charge in [-0.25, -0.2) is 4.79 Å². The standard InChI is InChI=1S/C17H18F10O4/c1-3-10(28)30-13(17(25,26)27)14(18,19)11(2,29)31-12(15(13,20)21,16(22,23)24)9-7-5-4-6-8-9/h3,9,29H,1,4-8H2,2H3. The van der Waals surface area contributed by atoms with Crippen LogP contribution in [0.2, 0.25) is 0 Å². The van der Waals surface area contributed by atoms with Gasteiger partial charge in [-0.15, -0.1) is 0 Å². The van der Waals surface area contributed by atoms with E-state index in [1.807, 2.05) is 0 Å². The lowest BCUT2D eigenvalue weighted by atomic mass is 9.63. The van der Waals surface area contributed by atoms with Crippen LogP contribution < -0.4 is 0 Å². The van der Waals surface area contributed by atoms with E-state index >= 15 is 8.78 Å². The molecule has 0 spiro atoms. The summed E-state index contributed by atoms with van der Waals surface area (Å²) in [6.45, 7) is 2.27. The Morgan fingerprint density at radius 2 is 1.48 bits per heavy atom. The zero-order chi connectivity index (χ0) is 24.3. The highest BCUT2D eigenvalue weighted by atomic mass is 19.4. The van der Waals surface area contributed by atoms with Crippen LogP contribution in [0.15, 0.2) is 12.7 Å². The molecule has 1 saturated carbocycles. The van der Waals surface area contributed by atoms with Gasteiger partial charge in [0.05, 0.1) is 0 Å². The molecule has 2 rings (SSSR count).